The molecule has 0 bridgehead atoms. The number of aromatic nitrogens is 1. The number of carbonyl (C=O) groups excluding carboxylic acids is 2. The Bertz CT molecular complexity index is 672. The smallest absolute Gasteiger partial charge is 0.269 e. The molecule has 1 aromatic heterocycles. The lowest BCUT2D eigenvalue weighted by atomic mass is 10.2. The van der Waals surface area contributed by atoms with E-state index >= 15 is 0 Å². The lowest BCUT2D eigenvalue weighted by Gasteiger charge is -2.11. The molecule has 1 aromatic rings. The van der Waals surface area contributed by atoms with Crippen LogP contribution >= 0.6 is 0 Å². The summed E-state index contributed by atoms with van der Waals surface area (Å²) in [5, 5.41) is 5.37. The minimum absolute atomic E-state index is 0.0341. The highest BCUT2D eigenvalue weighted by molar-refractivity contribution is 7.91. The predicted molar refractivity (Wildman–Crippen MR) is 81.4 cm³/mol. The van der Waals surface area contributed by atoms with Gasteiger partial charge in [-0.3, -0.25) is 14.6 Å². The van der Waals surface area contributed by atoms with Gasteiger partial charge in [0.05, 0.1) is 11.5 Å². The van der Waals surface area contributed by atoms with E-state index in [0.717, 1.165) is 6.42 Å². The molecule has 0 spiro atoms. The molecule has 1 aliphatic heterocycles. The van der Waals surface area contributed by atoms with Crippen LogP contribution in [0.4, 0.5) is 0 Å². The molecule has 1 saturated heterocycles. The van der Waals surface area contributed by atoms with Crippen LogP contribution in [0, 0.1) is 0 Å². The van der Waals surface area contributed by atoms with Gasteiger partial charge in [0.2, 0.25) is 0 Å². The maximum absolute atomic E-state index is 12.1. The SMILES string of the molecule is CCCNC(=O)c1cc(C(=O)NC2CCS(=O)(=O)C2)ccn1. The molecule has 0 radical (unpaired) electrons. The first kappa shape index (κ1) is 16.4. The molecule has 0 saturated carbocycles. The maximum Gasteiger partial charge on any atom is 0.269 e. The molecule has 2 amide bonds. The van der Waals surface area contributed by atoms with Gasteiger partial charge in [-0.1, -0.05) is 6.92 Å². The molecule has 120 valence electrons. The van der Waals surface area contributed by atoms with Gasteiger partial charge in [0.1, 0.15) is 5.69 Å². The third-order valence-electron chi connectivity index (χ3n) is 3.36. The number of sulfone groups is 1. The van der Waals surface area contributed by atoms with Gasteiger partial charge in [-0.05, 0) is 25.0 Å². The number of nitrogens with zero attached hydrogens (tertiary/aromatic N) is 1. The first-order valence-electron chi connectivity index (χ1n) is 7.17. The number of nitrogens with one attached hydrogen (secondary N) is 2. The summed E-state index contributed by atoms with van der Waals surface area (Å²) in [6, 6.07) is 2.53. The van der Waals surface area contributed by atoms with E-state index in [1.807, 2.05) is 6.92 Å². The quantitative estimate of drug-likeness (QED) is 0.801. The van der Waals surface area contributed by atoms with E-state index in [0.29, 0.717) is 18.5 Å². The van der Waals surface area contributed by atoms with Gasteiger partial charge in [-0.25, -0.2) is 8.42 Å². The van der Waals surface area contributed by atoms with Crippen LogP contribution < -0.4 is 10.6 Å². The minimum atomic E-state index is -3.05. The normalized spacial score (nSPS) is 19.6. The Morgan fingerprint density at radius 1 is 1.36 bits per heavy atom. The van der Waals surface area contributed by atoms with Crippen LogP contribution in [0.2, 0.25) is 0 Å². The zero-order valence-electron chi connectivity index (χ0n) is 12.3. The van der Waals surface area contributed by atoms with Gasteiger partial charge in [0, 0.05) is 24.3 Å². The second-order valence-electron chi connectivity index (χ2n) is 5.26. The highest BCUT2D eigenvalue weighted by atomic mass is 32.2. The average molecular weight is 325 g/mol. The Balaban J connectivity index is 2.03. The molecule has 1 unspecified atom stereocenters. The Morgan fingerprint density at radius 3 is 2.77 bits per heavy atom. The summed E-state index contributed by atoms with van der Waals surface area (Å²) in [6.07, 6.45) is 2.62. The van der Waals surface area contributed by atoms with Crippen LogP contribution in [0.25, 0.3) is 0 Å². The molecule has 0 aromatic carbocycles. The van der Waals surface area contributed by atoms with Gasteiger partial charge in [-0.2, -0.15) is 0 Å². The van der Waals surface area contributed by atoms with E-state index in [1.165, 1.54) is 18.3 Å². The van der Waals surface area contributed by atoms with Crippen LogP contribution in [0.15, 0.2) is 18.3 Å². The lowest BCUT2D eigenvalue weighted by molar-refractivity contribution is 0.0941. The number of hydrogen-bond donors (Lipinski definition) is 2. The summed E-state index contributed by atoms with van der Waals surface area (Å²) in [4.78, 5) is 27.9. The van der Waals surface area contributed by atoms with Crippen molar-refractivity contribution < 1.29 is 18.0 Å². The van der Waals surface area contributed by atoms with Crippen molar-refractivity contribution in [2.75, 3.05) is 18.1 Å². The van der Waals surface area contributed by atoms with Crippen molar-refractivity contribution >= 4 is 21.7 Å². The summed E-state index contributed by atoms with van der Waals surface area (Å²) in [6.45, 7) is 2.48. The largest absolute Gasteiger partial charge is 0.351 e. The molecule has 2 heterocycles. The average Bonchev–Trinajstić information content (AvgIpc) is 2.83. The van der Waals surface area contributed by atoms with Gasteiger partial charge in [0.15, 0.2) is 9.84 Å². The fourth-order valence-electron chi connectivity index (χ4n) is 2.20. The minimum Gasteiger partial charge on any atom is -0.351 e. The zero-order chi connectivity index (χ0) is 16.2. The molecule has 1 atom stereocenters. The molecule has 2 rings (SSSR count). The Morgan fingerprint density at radius 2 is 2.14 bits per heavy atom. The molecular formula is C14H19N3O4S. The topological polar surface area (TPSA) is 105 Å². The predicted octanol–water partition coefficient (Wildman–Crippen LogP) is 0.138. The number of hydrogen-bond acceptors (Lipinski definition) is 5. The van der Waals surface area contributed by atoms with Crippen LogP contribution in [0.5, 0.6) is 0 Å². The number of pyridine rings is 1. The van der Waals surface area contributed by atoms with Crippen LogP contribution in [0.1, 0.15) is 40.6 Å². The van der Waals surface area contributed by atoms with Gasteiger partial charge in [0.25, 0.3) is 11.8 Å². The van der Waals surface area contributed by atoms with E-state index in [-0.39, 0.29) is 29.1 Å². The highest BCUT2D eigenvalue weighted by Crippen LogP contribution is 2.12. The van der Waals surface area contributed by atoms with Crippen molar-refractivity contribution in [2.45, 2.75) is 25.8 Å². The van der Waals surface area contributed by atoms with E-state index in [9.17, 15) is 18.0 Å². The summed E-state index contributed by atoms with van der Waals surface area (Å²) in [5.41, 5.74) is 0.459. The molecule has 0 aliphatic carbocycles. The van der Waals surface area contributed by atoms with Crippen molar-refractivity contribution in [1.29, 1.82) is 0 Å². The van der Waals surface area contributed by atoms with Crippen molar-refractivity contribution in [2.24, 2.45) is 0 Å². The third-order valence-corrected chi connectivity index (χ3v) is 5.13. The van der Waals surface area contributed by atoms with Crippen molar-refractivity contribution in [3.8, 4) is 0 Å². The second-order valence-corrected chi connectivity index (χ2v) is 7.49. The van der Waals surface area contributed by atoms with E-state index < -0.39 is 15.7 Å². The third kappa shape index (κ3) is 4.27. The number of rotatable bonds is 5. The molecule has 22 heavy (non-hydrogen) atoms. The van der Waals surface area contributed by atoms with E-state index in [4.69, 9.17) is 0 Å². The van der Waals surface area contributed by atoms with Crippen molar-refractivity contribution in [1.82, 2.24) is 15.6 Å². The zero-order valence-corrected chi connectivity index (χ0v) is 13.1. The highest BCUT2D eigenvalue weighted by Gasteiger charge is 2.29. The fourth-order valence-corrected chi connectivity index (χ4v) is 3.88. The molecule has 7 nitrogen and oxygen atoms in total. The number of carbonyl (C=O) groups is 2. The summed E-state index contributed by atoms with van der Waals surface area (Å²) in [5.74, 6) is -0.666. The maximum atomic E-state index is 12.1. The van der Waals surface area contributed by atoms with Crippen LogP contribution in [-0.2, 0) is 9.84 Å². The monoisotopic (exact) mass is 325 g/mol. The summed E-state index contributed by atoms with van der Waals surface area (Å²) < 4.78 is 22.8. The molecule has 2 N–H and O–H groups in total. The van der Waals surface area contributed by atoms with E-state index in [1.54, 1.807) is 0 Å². The molecule has 8 heteroatoms. The molecular weight excluding hydrogens is 306 g/mol. The molecule has 1 fully saturated rings. The summed E-state index contributed by atoms with van der Waals surface area (Å²) >= 11 is 0. The van der Waals surface area contributed by atoms with Gasteiger partial charge in [-0.15, -0.1) is 0 Å². The standard InChI is InChI=1S/C14H19N3O4S/c1-2-5-16-14(19)12-8-10(3-6-15-12)13(18)17-11-4-7-22(20,21)9-11/h3,6,8,11H,2,4-5,7,9H2,1H3,(H,16,19)(H,17,18). The van der Waals surface area contributed by atoms with Crippen LogP contribution in [0.3, 0.4) is 0 Å². The summed E-state index contributed by atoms with van der Waals surface area (Å²) in [7, 11) is -3.05. The second kappa shape index (κ2) is 6.87. The van der Waals surface area contributed by atoms with Gasteiger partial charge >= 0.3 is 0 Å². The Labute approximate surface area is 129 Å². The Hall–Kier alpha value is -1.96. The fraction of sp³-hybridized carbons (Fsp3) is 0.500. The van der Waals surface area contributed by atoms with Crippen molar-refractivity contribution in [3.63, 3.8) is 0 Å². The first-order valence-corrected chi connectivity index (χ1v) is 8.99. The number of amides is 2. The molecule has 1 aliphatic rings. The Kier molecular flexibility index (Phi) is 5.12. The van der Waals surface area contributed by atoms with Gasteiger partial charge < -0.3 is 10.6 Å². The first-order chi connectivity index (χ1) is 10.4. The van der Waals surface area contributed by atoms with Crippen molar-refractivity contribution in [3.05, 3.63) is 29.6 Å². The van der Waals surface area contributed by atoms with Crippen LogP contribution in [-0.4, -0.2) is 49.3 Å². The lowest BCUT2D eigenvalue weighted by Crippen LogP contribution is -2.35. The van der Waals surface area contributed by atoms with E-state index in [2.05, 4.69) is 15.6 Å².